The topological polar surface area (TPSA) is 144 Å². The number of urea groups is 1. The molecular weight excluding hydrogens is 595 g/mol. The van der Waals surface area contributed by atoms with Crippen molar-refractivity contribution in [2.45, 2.75) is 37.7 Å². The molecule has 41 heavy (non-hydrogen) atoms. The number of anilines is 3. The second kappa shape index (κ2) is 11.8. The van der Waals surface area contributed by atoms with Crippen LogP contribution in [0.15, 0.2) is 65.6 Å². The number of amides is 2. The highest BCUT2D eigenvalue weighted by Crippen LogP contribution is 2.35. The molecule has 0 spiro atoms. The second-order valence-corrected chi connectivity index (χ2v) is 12.9. The maximum absolute atomic E-state index is 13.8. The second-order valence-electron chi connectivity index (χ2n) is 10.2. The molecule has 0 aromatic heterocycles. The zero-order chi connectivity index (χ0) is 30.1. The fourth-order valence-electron chi connectivity index (χ4n) is 4.33. The van der Waals surface area contributed by atoms with Crippen LogP contribution in [0.4, 0.5) is 27.5 Å². The average molecular weight is 624 g/mol. The van der Waals surface area contributed by atoms with Crippen LogP contribution in [0.25, 0.3) is 0 Å². The Hall–Kier alpha value is -3.39. The monoisotopic (exact) mass is 622 g/mol. The van der Waals surface area contributed by atoms with Crippen LogP contribution < -0.4 is 19.7 Å². The van der Waals surface area contributed by atoms with Gasteiger partial charge in [0.05, 0.1) is 10.6 Å². The molecule has 218 valence electrons. The molecule has 2 amide bonds. The molecule has 1 aliphatic heterocycles. The number of carbonyl (C=O) groups is 2. The molecule has 3 N–H and O–H groups in total. The van der Waals surface area contributed by atoms with E-state index >= 15 is 0 Å². The number of benzene rings is 3. The van der Waals surface area contributed by atoms with Gasteiger partial charge in [0.1, 0.15) is 17.8 Å². The van der Waals surface area contributed by atoms with Crippen molar-refractivity contribution in [2.75, 3.05) is 27.6 Å². The van der Waals surface area contributed by atoms with Crippen molar-refractivity contribution in [1.82, 2.24) is 0 Å². The summed E-state index contributed by atoms with van der Waals surface area (Å²) in [6.45, 7) is 4.65. The van der Waals surface area contributed by atoms with Crippen LogP contribution in [0.5, 0.6) is 0 Å². The molecule has 1 unspecified atom stereocenters. The van der Waals surface area contributed by atoms with Crippen LogP contribution in [0, 0.1) is 5.21 Å². The van der Waals surface area contributed by atoms with Gasteiger partial charge in [-0.2, -0.15) is 5.23 Å². The third kappa shape index (κ3) is 7.10. The molecule has 1 atom stereocenters. The fourth-order valence-corrected chi connectivity index (χ4v) is 6.45. The Kier molecular flexibility index (Phi) is 8.83. The summed E-state index contributed by atoms with van der Waals surface area (Å²) in [6.07, 6.45) is 0.389. The highest BCUT2D eigenvalue weighted by Gasteiger charge is 2.32. The smallest absolute Gasteiger partial charge is 0.327 e. The largest absolute Gasteiger partial charge is 0.595 e. The third-order valence-corrected chi connectivity index (χ3v) is 8.20. The molecule has 1 aliphatic rings. The van der Waals surface area contributed by atoms with Crippen molar-refractivity contribution in [3.05, 3.63) is 81.5 Å². The lowest BCUT2D eigenvalue weighted by Crippen LogP contribution is -2.99. The number of hydrogen-bond donors (Lipinski definition) is 3. The van der Waals surface area contributed by atoms with E-state index in [0.717, 1.165) is 4.31 Å². The number of hydrogen-bond acceptors (Lipinski definition) is 7. The number of ether oxygens (including phenoxy) is 1. The van der Waals surface area contributed by atoms with E-state index in [0.29, 0.717) is 17.7 Å². The Bertz CT molecular complexity index is 1570. The zero-order valence-electron chi connectivity index (χ0n) is 22.4. The van der Waals surface area contributed by atoms with Crippen LogP contribution in [-0.4, -0.2) is 44.3 Å². The van der Waals surface area contributed by atoms with Gasteiger partial charge < -0.3 is 15.3 Å². The van der Waals surface area contributed by atoms with E-state index in [1.165, 1.54) is 41.3 Å². The summed E-state index contributed by atoms with van der Waals surface area (Å²) in [5, 5.41) is 22.6. The van der Waals surface area contributed by atoms with E-state index in [2.05, 4.69) is 5.32 Å². The lowest BCUT2D eigenvalue weighted by molar-refractivity contribution is -0.990. The van der Waals surface area contributed by atoms with E-state index in [1.807, 2.05) is 0 Å². The normalized spacial score (nSPS) is 13.9. The van der Waals surface area contributed by atoms with Crippen molar-refractivity contribution in [3.8, 4) is 0 Å². The first-order valence-electron chi connectivity index (χ1n) is 12.4. The highest BCUT2D eigenvalue weighted by molar-refractivity contribution is 7.92. The van der Waals surface area contributed by atoms with Crippen LogP contribution >= 0.6 is 23.2 Å². The number of nitrogens with zero attached hydrogens (tertiary/aromatic N) is 2. The summed E-state index contributed by atoms with van der Waals surface area (Å²) in [4.78, 5) is 27.1. The fraction of sp³-hybridized carbons (Fsp3) is 0.259. The number of para-hydroxylation sites is 2. The van der Waals surface area contributed by atoms with E-state index in [1.54, 1.807) is 45.0 Å². The van der Waals surface area contributed by atoms with Crippen LogP contribution in [0.3, 0.4) is 0 Å². The maximum atomic E-state index is 13.8. The molecule has 14 heteroatoms. The van der Waals surface area contributed by atoms with Gasteiger partial charge in [-0.15, -0.1) is 0 Å². The van der Waals surface area contributed by atoms with Crippen molar-refractivity contribution >= 4 is 68.0 Å². The van der Waals surface area contributed by atoms with Gasteiger partial charge in [0.15, 0.2) is 5.69 Å². The van der Waals surface area contributed by atoms with Gasteiger partial charge in [0.25, 0.3) is 10.0 Å². The van der Waals surface area contributed by atoms with Gasteiger partial charge in [0, 0.05) is 28.3 Å². The van der Waals surface area contributed by atoms with Gasteiger partial charge in [0.2, 0.25) is 0 Å². The first-order valence-corrected chi connectivity index (χ1v) is 14.6. The summed E-state index contributed by atoms with van der Waals surface area (Å²) in [7, 11) is -4.34. The number of carbonyl (C=O) groups excluding carboxylic acids is 2. The van der Waals surface area contributed by atoms with E-state index in [4.69, 9.17) is 27.9 Å². The number of quaternary nitrogens is 1. The van der Waals surface area contributed by atoms with Crippen LogP contribution in [-0.2, 0) is 26.0 Å². The minimum atomic E-state index is -4.34. The van der Waals surface area contributed by atoms with Gasteiger partial charge >= 0.3 is 12.0 Å². The molecular formula is C27H28Cl2N4O7S. The standard InChI is InChI=1S/C27H28Cl2N4O7S/c1-27(2,3)40-25(34)16-32(41(38,39)21-14-18(28)13-19(29)15-21)20-8-9-23-17(12-20)10-11-31(23)26(35)30-22-6-4-5-7-24(22)33(36)37/h4-9,12-15,33,36H,10-11,16H2,1-3H3,(H,30,35). The van der Waals surface area contributed by atoms with Crippen LogP contribution in [0.2, 0.25) is 10.0 Å². The Morgan fingerprint density at radius 3 is 2.39 bits per heavy atom. The predicted molar refractivity (Wildman–Crippen MR) is 156 cm³/mol. The zero-order valence-corrected chi connectivity index (χ0v) is 24.7. The SMILES string of the molecule is CC(C)(C)OC(=O)CN(c1ccc2c(c1)CCN2C(=O)Nc1ccccc1[NH+]([O-])O)S(=O)(=O)c1cc(Cl)cc(Cl)c1. The van der Waals surface area contributed by atoms with E-state index in [-0.39, 0.29) is 38.5 Å². The molecule has 0 fully saturated rings. The quantitative estimate of drug-likeness (QED) is 0.259. The molecule has 0 bridgehead atoms. The highest BCUT2D eigenvalue weighted by atomic mass is 35.5. The van der Waals surface area contributed by atoms with Crippen molar-refractivity contribution < 1.29 is 33.2 Å². The number of rotatable bonds is 7. The van der Waals surface area contributed by atoms with Crippen LogP contribution in [0.1, 0.15) is 26.3 Å². The molecule has 4 rings (SSSR count). The number of sulfonamides is 1. The van der Waals surface area contributed by atoms with Gasteiger partial charge in [-0.05, 0) is 75.2 Å². The number of fused-ring (bicyclic) bond motifs is 1. The molecule has 0 aliphatic carbocycles. The summed E-state index contributed by atoms with van der Waals surface area (Å²) < 4.78 is 33.9. The molecule has 3 aromatic rings. The molecule has 0 radical (unpaired) electrons. The van der Waals surface area contributed by atoms with E-state index < -0.39 is 39.4 Å². The molecule has 0 saturated carbocycles. The molecule has 0 saturated heterocycles. The lowest BCUT2D eigenvalue weighted by Gasteiger charge is -2.27. The first-order chi connectivity index (χ1) is 19.2. The Balaban J connectivity index is 1.67. The molecule has 11 nitrogen and oxygen atoms in total. The minimum absolute atomic E-state index is 0.0558. The number of nitrogens with one attached hydrogen (secondary N) is 2. The van der Waals surface area contributed by atoms with Gasteiger partial charge in [-0.25, -0.2) is 18.4 Å². The number of esters is 1. The summed E-state index contributed by atoms with van der Waals surface area (Å²) in [5.41, 5.74) is 0.572. The van der Waals surface area contributed by atoms with Gasteiger partial charge in [-0.1, -0.05) is 35.3 Å². The number of halogens is 2. The molecule has 1 heterocycles. The van der Waals surface area contributed by atoms with Crippen molar-refractivity contribution in [2.24, 2.45) is 0 Å². The van der Waals surface area contributed by atoms with E-state index in [9.17, 15) is 28.4 Å². The predicted octanol–water partition coefficient (Wildman–Crippen LogP) is 4.53. The Morgan fingerprint density at radius 1 is 1.10 bits per heavy atom. The summed E-state index contributed by atoms with van der Waals surface area (Å²) >= 11 is 12.1. The molecule has 3 aromatic carbocycles. The van der Waals surface area contributed by atoms with Crippen molar-refractivity contribution in [1.29, 1.82) is 0 Å². The summed E-state index contributed by atoms with van der Waals surface area (Å²) in [6, 6.07) is 14.0. The Morgan fingerprint density at radius 2 is 1.76 bits per heavy atom. The maximum Gasteiger partial charge on any atom is 0.327 e. The lowest BCUT2D eigenvalue weighted by atomic mass is 10.1. The minimum Gasteiger partial charge on any atom is -0.595 e. The Labute approximate surface area is 247 Å². The van der Waals surface area contributed by atoms with Crippen molar-refractivity contribution in [3.63, 3.8) is 0 Å². The first kappa shape index (κ1) is 30.6. The summed E-state index contributed by atoms with van der Waals surface area (Å²) in [5.74, 6) is -0.771. The van der Waals surface area contributed by atoms with Gasteiger partial charge in [-0.3, -0.25) is 14.0 Å². The third-order valence-electron chi connectivity index (χ3n) is 6.01. The average Bonchev–Trinajstić information content (AvgIpc) is 3.29.